The zero-order valence-electron chi connectivity index (χ0n) is 19.3. The molecule has 0 unspecified atom stereocenters. The highest BCUT2D eigenvalue weighted by atomic mass is 32.2. The number of piperidine rings is 2. The van der Waals surface area contributed by atoms with E-state index in [9.17, 15) is 18.0 Å². The van der Waals surface area contributed by atoms with Crippen LogP contribution in [0.25, 0.3) is 0 Å². The Morgan fingerprint density at radius 2 is 1.76 bits per heavy atom. The normalized spacial score (nSPS) is 17.9. The number of hydrogen-bond donors (Lipinski definition) is 1. The molecule has 34 heavy (non-hydrogen) atoms. The van der Waals surface area contributed by atoms with Crippen molar-refractivity contribution >= 4 is 33.4 Å². The van der Waals surface area contributed by atoms with E-state index in [-0.39, 0.29) is 16.7 Å². The van der Waals surface area contributed by atoms with Crippen LogP contribution in [0, 0.1) is 5.92 Å². The van der Waals surface area contributed by atoms with Crippen LogP contribution in [0.4, 0.5) is 11.5 Å². The molecular weight excluding hydrogens is 456 g/mol. The Bertz CT molecular complexity index is 1140. The predicted octanol–water partition coefficient (Wildman–Crippen LogP) is 2.90. The number of nitrogens with one attached hydrogen (secondary N) is 1. The molecule has 4 rings (SSSR count). The number of carbonyl (C=O) groups is 2. The second-order valence-corrected chi connectivity index (χ2v) is 10.5. The van der Waals surface area contributed by atoms with Crippen LogP contribution in [0.5, 0.6) is 0 Å². The Morgan fingerprint density at radius 3 is 2.47 bits per heavy atom. The van der Waals surface area contributed by atoms with Gasteiger partial charge in [-0.1, -0.05) is 12.5 Å². The van der Waals surface area contributed by atoms with Crippen LogP contribution in [-0.4, -0.2) is 62.9 Å². The number of anilines is 2. The molecule has 1 aromatic heterocycles. The molecule has 0 atom stereocenters. The van der Waals surface area contributed by atoms with Crippen molar-refractivity contribution in [2.45, 2.75) is 37.0 Å². The van der Waals surface area contributed by atoms with Crippen molar-refractivity contribution in [2.75, 3.05) is 43.5 Å². The highest BCUT2D eigenvalue weighted by Crippen LogP contribution is 2.31. The van der Waals surface area contributed by atoms with E-state index in [4.69, 9.17) is 4.74 Å². The third-order valence-corrected chi connectivity index (χ3v) is 8.32. The zero-order chi connectivity index (χ0) is 24.1. The fourth-order valence-electron chi connectivity index (χ4n) is 4.50. The van der Waals surface area contributed by atoms with E-state index in [1.807, 2.05) is 4.90 Å². The summed E-state index contributed by atoms with van der Waals surface area (Å²) >= 11 is 0. The molecule has 2 saturated heterocycles. The summed E-state index contributed by atoms with van der Waals surface area (Å²) in [4.78, 5) is 31.2. The average Bonchev–Trinajstić information content (AvgIpc) is 2.89. The lowest BCUT2D eigenvalue weighted by Gasteiger charge is -2.34. The molecule has 0 bridgehead atoms. The summed E-state index contributed by atoms with van der Waals surface area (Å²) in [5.41, 5.74) is 0.905. The molecule has 10 heteroatoms. The zero-order valence-corrected chi connectivity index (χ0v) is 20.1. The Labute approximate surface area is 200 Å². The molecule has 2 fully saturated rings. The number of amides is 1. The van der Waals surface area contributed by atoms with Gasteiger partial charge in [0.15, 0.2) is 0 Å². The van der Waals surface area contributed by atoms with Gasteiger partial charge in [-0.2, -0.15) is 4.31 Å². The molecule has 0 aliphatic carbocycles. The van der Waals surface area contributed by atoms with Crippen molar-refractivity contribution in [1.82, 2.24) is 9.29 Å². The summed E-state index contributed by atoms with van der Waals surface area (Å²) in [6.45, 7) is 2.13. The van der Waals surface area contributed by atoms with Crippen LogP contribution in [0.3, 0.4) is 0 Å². The van der Waals surface area contributed by atoms with Gasteiger partial charge in [0, 0.05) is 44.0 Å². The van der Waals surface area contributed by atoms with Gasteiger partial charge in [0.1, 0.15) is 10.7 Å². The minimum absolute atomic E-state index is 0.121. The van der Waals surface area contributed by atoms with E-state index in [2.05, 4.69) is 10.3 Å². The summed E-state index contributed by atoms with van der Waals surface area (Å²) in [6.07, 6.45) is 5.55. The van der Waals surface area contributed by atoms with Crippen LogP contribution in [-0.2, 0) is 19.6 Å². The SMILES string of the molecule is COC(=O)c1cccc(NC(=O)C2CCN(c3ncccc3S(=O)(=O)N3CCCCC3)CC2)c1. The van der Waals surface area contributed by atoms with E-state index in [1.165, 1.54) is 7.11 Å². The maximum atomic E-state index is 13.3. The fourth-order valence-corrected chi connectivity index (χ4v) is 6.19. The fraction of sp³-hybridized carbons (Fsp3) is 0.458. The first-order chi connectivity index (χ1) is 16.4. The van der Waals surface area contributed by atoms with Crippen molar-refractivity contribution in [2.24, 2.45) is 5.92 Å². The van der Waals surface area contributed by atoms with Crippen LogP contribution < -0.4 is 10.2 Å². The second kappa shape index (κ2) is 10.5. The van der Waals surface area contributed by atoms with Crippen LogP contribution >= 0.6 is 0 Å². The van der Waals surface area contributed by atoms with Gasteiger partial charge in [0.2, 0.25) is 15.9 Å². The van der Waals surface area contributed by atoms with E-state index in [0.717, 1.165) is 19.3 Å². The van der Waals surface area contributed by atoms with Crippen LogP contribution in [0.15, 0.2) is 47.5 Å². The smallest absolute Gasteiger partial charge is 0.337 e. The Balaban J connectivity index is 1.42. The standard InChI is InChI=1S/C24H30N4O5S/c1-33-24(30)19-7-5-8-20(17-19)26-23(29)18-10-15-27(16-11-18)22-21(9-6-12-25-22)34(31,32)28-13-3-2-4-14-28/h5-9,12,17-18H,2-4,10-11,13-16H2,1H3,(H,26,29). The number of rotatable bonds is 6. The molecule has 2 aliphatic heterocycles. The number of esters is 1. The van der Waals surface area contributed by atoms with E-state index < -0.39 is 16.0 Å². The predicted molar refractivity (Wildman–Crippen MR) is 128 cm³/mol. The monoisotopic (exact) mass is 486 g/mol. The Morgan fingerprint density at radius 1 is 1.03 bits per heavy atom. The van der Waals surface area contributed by atoms with Gasteiger partial charge in [-0.05, 0) is 56.0 Å². The van der Waals surface area contributed by atoms with Crippen LogP contribution in [0.2, 0.25) is 0 Å². The number of hydrogen-bond acceptors (Lipinski definition) is 7. The third-order valence-electron chi connectivity index (χ3n) is 6.40. The summed E-state index contributed by atoms with van der Waals surface area (Å²) in [6, 6.07) is 9.91. The van der Waals surface area contributed by atoms with Gasteiger partial charge in [0.25, 0.3) is 0 Å². The minimum atomic E-state index is -3.61. The first-order valence-corrected chi connectivity index (χ1v) is 13.0. The lowest BCUT2D eigenvalue weighted by molar-refractivity contribution is -0.120. The number of ether oxygens (including phenoxy) is 1. The van der Waals surface area contributed by atoms with Crippen LogP contribution in [0.1, 0.15) is 42.5 Å². The first kappa shape index (κ1) is 24.2. The van der Waals surface area contributed by atoms with Crippen molar-refractivity contribution < 1.29 is 22.7 Å². The number of nitrogens with zero attached hydrogens (tertiary/aromatic N) is 3. The number of sulfonamides is 1. The van der Waals surface area contributed by atoms with E-state index in [0.29, 0.717) is 56.1 Å². The molecule has 1 aromatic carbocycles. The van der Waals surface area contributed by atoms with Gasteiger partial charge in [0.05, 0.1) is 12.7 Å². The molecule has 0 radical (unpaired) electrons. The van der Waals surface area contributed by atoms with Gasteiger partial charge >= 0.3 is 5.97 Å². The molecular formula is C24H30N4O5S. The maximum absolute atomic E-state index is 13.3. The molecule has 1 amide bonds. The molecule has 9 nitrogen and oxygen atoms in total. The average molecular weight is 487 g/mol. The molecule has 1 N–H and O–H groups in total. The second-order valence-electron chi connectivity index (χ2n) is 8.61. The van der Waals surface area contributed by atoms with Gasteiger partial charge in [-0.25, -0.2) is 18.2 Å². The van der Waals surface area contributed by atoms with Crippen molar-refractivity contribution in [3.05, 3.63) is 48.2 Å². The minimum Gasteiger partial charge on any atom is -0.465 e. The number of aromatic nitrogens is 1. The van der Waals surface area contributed by atoms with Crippen molar-refractivity contribution in [1.29, 1.82) is 0 Å². The Kier molecular flexibility index (Phi) is 7.47. The highest BCUT2D eigenvalue weighted by molar-refractivity contribution is 7.89. The quantitative estimate of drug-likeness (QED) is 0.626. The van der Waals surface area contributed by atoms with Gasteiger partial charge < -0.3 is 15.0 Å². The molecule has 2 aliphatic rings. The van der Waals surface area contributed by atoms with Crippen molar-refractivity contribution in [3.63, 3.8) is 0 Å². The lowest BCUT2D eigenvalue weighted by Crippen LogP contribution is -2.40. The molecule has 182 valence electrons. The highest BCUT2D eigenvalue weighted by Gasteiger charge is 2.32. The number of carbonyl (C=O) groups excluding carboxylic acids is 2. The maximum Gasteiger partial charge on any atom is 0.337 e. The summed E-state index contributed by atoms with van der Waals surface area (Å²) < 4.78 is 32.9. The molecule has 2 aromatic rings. The van der Waals surface area contributed by atoms with Gasteiger partial charge in [-0.15, -0.1) is 0 Å². The topological polar surface area (TPSA) is 109 Å². The molecule has 0 saturated carbocycles. The van der Waals surface area contributed by atoms with Crippen molar-refractivity contribution in [3.8, 4) is 0 Å². The first-order valence-electron chi connectivity index (χ1n) is 11.6. The lowest BCUT2D eigenvalue weighted by atomic mass is 9.95. The van der Waals surface area contributed by atoms with E-state index in [1.54, 1.807) is 46.9 Å². The largest absolute Gasteiger partial charge is 0.465 e. The third kappa shape index (κ3) is 5.23. The summed E-state index contributed by atoms with van der Waals surface area (Å²) in [7, 11) is -2.30. The Hall–Kier alpha value is -2.98. The number of pyridine rings is 1. The summed E-state index contributed by atoms with van der Waals surface area (Å²) in [5, 5.41) is 2.88. The summed E-state index contributed by atoms with van der Waals surface area (Å²) in [5.74, 6) is -0.347. The molecule has 3 heterocycles. The molecule has 0 spiro atoms. The number of benzene rings is 1. The van der Waals surface area contributed by atoms with Gasteiger partial charge in [-0.3, -0.25) is 4.79 Å². The number of methoxy groups -OCH3 is 1. The van der Waals surface area contributed by atoms with E-state index >= 15 is 0 Å².